The number of halogens is 8. The van der Waals surface area contributed by atoms with E-state index in [1.165, 1.54) is 24.3 Å². The smallest absolute Gasteiger partial charge is 0.550 e. The fraction of sp³-hybridized carbons (Fsp3) is 0.579. The van der Waals surface area contributed by atoms with Gasteiger partial charge in [0.2, 0.25) is 0 Å². The Bertz CT molecular complexity index is 1550. The maximum Gasteiger partial charge on any atom is 1.00 e. The number of rotatable bonds is 24. The summed E-state index contributed by atoms with van der Waals surface area (Å²) in [5.41, 5.74) is -6.45. The van der Waals surface area contributed by atoms with Crippen LogP contribution in [0.15, 0.2) is 36.4 Å². The molecule has 22 heteroatoms. The zero-order valence-corrected chi connectivity index (χ0v) is 38.6. The molecule has 0 spiro atoms. The van der Waals surface area contributed by atoms with E-state index in [2.05, 4.69) is 0 Å². The number of hydrogen-bond donors (Lipinski definition) is 6. The van der Waals surface area contributed by atoms with Gasteiger partial charge in [0.05, 0.1) is 23.3 Å². The molecule has 4 unspecified atom stereocenters. The van der Waals surface area contributed by atoms with Crippen molar-refractivity contribution in [2.45, 2.75) is 138 Å². The van der Waals surface area contributed by atoms with Crippen molar-refractivity contribution in [1.82, 2.24) is 0 Å². The first kappa shape index (κ1) is 60.4. The van der Waals surface area contributed by atoms with Gasteiger partial charge in [0.1, 0.15) is 0 Å². The molecular weight excluding hydrogens is 879 g/mol. The monoisotopic (exact) mass is 924 g/mol. The van der Waals surface area contributed by atoms with Gasteiger partial charge in [0, 0.05) is 47.7 Å². The molecule has 60 heavy (non-hydrogen) atoms. The molecule has 4 atom stereocenters. The molecule has 0 radical (unpaired) electrons. The third-order valence-corrected chi connectivity index (χ3v) is 9.51. The number of aryl methyl sites for hydroxylation is 2. The summed E-state index contributed by atoms with van der Waals surface area (Å²) in [5.74, 6) is -7.02. The number of aliphatic carboxylic acids is 4. The van der Waals surface area contributed by atoms with Crippen LogP contribution in [0.25, 0.3) is 0 Å². The zero-order chi connectivity index (χ0) is 44.5. The summed E-state index contributed by atoms with van der Waals surface area (Å²) in [5, 5.41) is 78.4. The van der Waals surface area contributed by atoms with Crippen LogP contribution in [0.4, 0.5) is 26.3 Å². The molecule has 12 nitrogen and oxygen atoms in total. The summed E-state index contributed by atoms with van der Waals surface area (Å²) in [4.78, 5) is 43.2. The number of carbonyl (C=O) groups excluding carboxylic acids is 2. The SMILES string of the molecule is O=C([O-])CC(O)(CC(O)CCCCCCc1ccc(Cl)cc1C(F)(F)F)C(=O)O.O=C([O-])CC(O)(CC(O)CCCCCCc1ccc(Cl)cc1C(F)(F)F)C(=O)O.[Na+].[Na+]. The molecule has 0 heterocycles. The van der Waals surface area contributed by atoms with Gasteiger partial charge >= 0.3 is 83.4 Å². The number of aliphatic hydroxyl groups excluding tert-OH is 2. The Hall–Kier alpha value is -1.68. The van der Waals surface area contributed by atoms with E-state index >= 15 is 0 Å². The Morgan fingerprint density at radius 3 is 1.13 bits per heavy atom. The van der Waals surface area contributed by atoms with E-state index in [4.69, 9.17) is 33.4 Å². The zero-order valence-electron chi connectivity index (χ0n) is 33.1. The van der Waals surface area contributed by atoms with E-state index in [-0.39, 0.29) is 106 Å². The number of carbonyl (C=O) groups is 4. The molecular formula is C38H46Cl2F6Na2O12. The summed E-state index contributed by atoms with van der Waals surface area (Å²) in [7, 11) is 0. The van der Waals surface area contributed by atoms with E-state index in [9.17, 15) is 76.2 Å². The van der Waals surface area contributed by atoms with E-state index in [0.29, 0.717) is 51.4 Å². The Labute approximate surface area is 396 Å². The molecule has 2 rings (SSSR count). The second kappa shape index (κ2) is 28.2. The van der Waals surface area contributed by atoms with E-state index in [1.807, 2.05) is 0 Å². The van der Waals surface area contributed by atoms with Crippen molar-refractivity contribution in [2.24, 2.45) is 0 Å². The fourth-order valence-electron chi connectivity index (χ4n) is 6.09. The van der Waals surface area contributed by atoms with Crippen LogP contribution in [-0.4, -0.2) is 77.9 Å². The number of aliphatic hydroxyl groups is 4. The van der Waals surface area contributed by atoms with Crippen molar-refractivity contribution < 1.29 is 145 Å². The van der Waals surface area contributed by atoms with Gasteiger partial charge in [-0.2, -0.15) is 26.3 Å². The van der Waals surface area contributed by atoms with Gasteiger partial charge in [-0.05, 0) is 73.9 Å². The minimum absolute atomic E-state index is 0. The number of hydrogen-bond acceptors (Lipinski definition) is 10. The summed E-state index contributed by atoms with van der Waals surface area (Å²) >= 11 is 11.3. The van der Waals surface area contributed by atoms with Gasteiger partial charge in [-0.25, -0.2) is 9.59 Å². The Kier molecular flexibility index (Phi) is 28.4. The molecule has 0 saturated heterocycles. The number of carboxylic acid groups (broad SMARTS) is 4. The molecule has 0 bridgehead atoms. The normalized spacial score (nSPS) is 14.5. The maximum atomic E-state index is 13.0. The van der Waals surface area contributed by atoms with Crippen LogP contribution in [0, 0.1) is 0 Å². The molecule has 0 aromatic heterocycles. The first-order valence-electron chi connectivity index (χ1n) is 18.1. The maximum absolute atomic E-state index is 13.0. The quantitative estimate of drug-likeness (QED) is 0.0429. The molecule has 0 amide bonds. The van der Waals surface area contributed by atoms with Gasteiger partial charge in [0.25, 0.3) is 0 Å². The van der Waals surface area contributed by atoms with Crippen molar-refractivity contribution in [3.63, 3.8) is 0 Å². The number of benzene rings is 2. The van der Waals surface area contributed by atoms with Crippen molar-refractivity contribution in [2.75, 3.05) is 0 Å². The second-order valence-corrected chi connectivity index (χ2v) is 14.9. The molecule has 328 valence electrons. The van der Waals surface area contributed by atoms with E-state index in [1.54, 1.807) is 0 Å². The second-order valence-electron chi connectivity index (χ2n) is 14.0. The predicted octanol–water partition coefficient (Wildman–Crippen LogP) is -0.875. The van der Waals surface area contributed by atoms with Crippen LogP contribution >= 0.6 is 23.2 Å². The number of unbranched alkanes of at least 4 members (excludes halogenated alkanes) is 6. The molecule has 2 aromatic rings. The van der Waals surface area contributed by atoms with E-state index in [0.717, 1.165) is 12.1 Å². The van der Waals surface area contributed by atoms with Gasteiger partial charge in [0.15, 0.2) is 11.2 Å². The van der Waals surface area contributed by atoms with Crippen molar-refractivity contribution in [1.29, 1.82) is 0 Å². The third-order valence-electron chi connectivity index (χ3n) is 9.04. The van der Waals surface area contributed by atoms with Crippen molar-refractivity contribution in [3.05, 3.63) is 68.7 Å². The Balaban J connectivity index is 0. The molecule has 0 aliphatic rings. The summed E-state index contributed by atoms with van der Waals surface area (Å²) in [6.07, 6.45) is -10.2. The van der Waals surface area contributed by atoms with Crippen LogP contribution < -0.4 is 69.3 Å². The molecule has 0 aliphatic heterocycles. The van der Waals surface area contributed by atoms with Crippen LogP contribution in [0.3, 0.4) is 0 Å². The van der Waals surface area contributed by atoms with Crippen LogP contribution in [-0.2, 0) is 44.4 Å². The van der Waals surface area contributed by atoms with Crippen LogP contribution in [0.2, 0.25) is 10.0 Å². The molecule has 0 aliphatic carbocycles. The predicted molar refractivity (Wildman–Crippen MR) is 192 cm³/mol. The summed E-state index contributed by atoms with van der Waals surface area (Å²) in [6, 6.07) is 7.28. The largest absolute Gasteiger partial charge is 1.00 e. The molecule has 6 N–H and O–H groups in total. The van der Waals surface area contributed by atoms with Crippen LogP contribution in [0.1, 0.15) is 112 Å². The topological polar surface area (TPSA) is 236 Å². The van der Waals surface area contributed by atoms with Crippen LogP contribution in [0.5, 0.6) is 0 Å². The van der Waals surface area contributed by atoms with Gasteiger partial charge in [-0.3, -0.25) is 0 Å². The molecule has 0 saturated carbocycles. The number of alkyl halides is 6. The molecule has 0 fully saturated rings. The third kappa shape index (κ3) is 23.1. The average molecular weight is 926 g/mol. The van der Waals surface area contributed by atoms with Crippen molar-refractivity contribution >= 4 is 47.1 Å². The van der Waals surface area contributed by atoms with E-state index < -0.39 is 96.5 Å². The summed E-state index contributed by atoms with van der Waals surface area (Å²) < 4.78 is 78.2. The van der Waals surface area contributed by atoms with Crippen molar-refractivity contribution in [3.8, 4) is 0 Å². The Morgan fingerprint density at radius 1 is 0.567 bits per heavy atom. The van der Waals surface area contributed by atoms with Gasteiger partial charge in [-0.1, -0.05) is 73.9 Å². The molecule has 2 aromatic carbocycles. The minimum atomic E-state index is -4.49. The number of carboxylic acids is 4. The average Bonchev–Trinajstić information content (AvgIpc) is 3.07. The Morgan fingerprint density at radius 2 is 0.867 bits per heavy atom. The van der Waals surface area contributed by atoms with Gasteiger partial charge < -0.3 is 50.4 Å². The summed E-state index contributed by atoms with van der Waals surface area (Å²) in [6.45, 7) is 0. The fourth-order valence-corrected chi connectivity index (χ4v) is 6.43. The first-order valence-corrected chi connectivity index (χ1v) is 18.8. The standard InChI is InChI=1S/2C19H24ClF3O6.2Na/c2*20-13-8-7-12(15(9-13)19(21,22)23)5-3-1-2-4-6-14(24)10-18(29,17(27)28)11-16(25)26;;/h2*7-9,14,24,29H,1-6,10-11H2,(H,25,26)(H,27,28);;/q;;2*+1/p-2. The minimum Gasteiger partial charge on any atom is -0.550 e. The first-order chi connectivity index (χ1) is 26.7. The van der Waals surface area contributed by atoms with Gasteiger partial charge in [-0.15, -0.1) is 0 Å².